The maximum Gasteiger partial charge on any atom is 0.325 e. The number of aliphatic carboxylic acids is 1. The third-order valence-corrected chi connectivity index (χ3v) is 2.85. The number of carboxylic acid groups (broad SMARTS) is 1. The number of hydrogen-bond acceptors (Lipinski definition) is 4. The van der Waals surface area contributed by atoms with Gasteiger partial charge in [-0.25, -0.2) is 9.78 Å². The molecule has 1 rings (SSSR count). The molecular formula is C9H13N3O3S. The lowest BCUT2D eigenvalue weighted by Crippen LogP contribution is -2.45. The Labute approximate surface area is 96.7 Å². The summed E-state index contributed by atoms with van der Waals surface area (Å²) >= 11 is 1.43. The first-order chi connectivity index (χ1) is 7.50. The quantitative estimate of drug-likeness (QED) is 0.735. The first-order valence-corrected chi connectivity index (χ1v) is 5.58. The lowest BCUT2D eigenvalue weighted by Gasteiger charge is -2.14. The number of aromatic nitrogens is 1. The number of hydrogen-bond donors (Lipinski definition) is 3. The molecule has 88 valence electrons. The van der Waals surface area contributed by atoms with E-state index >= 15 is 0 Å². The predicted molar refractivity (Wildman–Crippen MR) is 59.3 cm³/mol. The van der Waals surface area contributed by atoms with E-state index in [-0.39, 0.29) is 6.04 Å². The summed E-state index contributed by atoms with van der Waals surface area (Å²) in [4.78, 5) is 25.9. The molecule has 6 nitrogen and oxygen atoms in total. The number of rotatable bonds is 4. The third kappa shape index (κ3) is 3.50. The van der Waals surface area contributed by atoms with Crippen LogP contribution < -0.4 is 10.6 Å². The monoisotopic (exact) mass is 243 g/mol. The van der Waals surface area contributed by atoms with E-state index in [0.717, 1.165) is 5.01 Å². The minimum atomic E-state index is -1.07. The predicted octanol–water partition coefficient (Wildman–Crippen LogP) is 0.976. The molecule has 0 spiro atoms. The zero-order valence-electron chi connectivity index (χ0n) is 8.93. The zero-order chi connectivity index (χ0) is 12.1. The molecule has 2 amide bonds. The van der Waals surface area contributed by atoms with Crippen LogP contribution in [0.1, 0.15) is 24.9 Å². The SMILES string of the molecule is CC(NC(=O)N[C@@H](C)C(=O)O)c1nccs1. The number of carbonyl (C=O) groups is 2. The molecule has 2 atom stereocenters. The Morgan fingerprint density at radius 2 is 2.12 bits per heavy atom. The Balaban J connectivity index is 2.43. The van der Waals surface area contributed by atoms with Crippen molar-refractivity contribution in [3.05, 3.63) is 16.6 Å². The standard InChI is InChI=1S/C9H13N3O3S/c1-5(7-10-3-4-16-7)11-9(15)12-6(2)8(13)14/h3-6H,1-2H3,(H,13,14)(H2,11,12,15)/t5?,6-/m0/s1. The van der Waals surface area contributed by atoms with Crippen LogP contribution in [0.4, 0.5) is 4.79 Å². The van der Waals surface area contributed by atoms with Crippen LogP contribution in [0, 0.1) is 0 Å². The maximum absolute atomic E-state index is 11.4. The number of urea groups is 1. The zero-order valence-corrected chi connectivity index (χ0v) is 9.75. The molecule has 1 aromatic heterocycles. The molecule has 1 heterocycles. The summed E-state index contributed by atoms with van der Waals surface area (Å²) in [5, 5.41) is 16.1. The number of nitrogens with one attached hydrogen (secondary N) is 2. The van der Waals surface area contributed by atoms with Gasteiger partial charge in [0.25, 0.3) is 0 Å². The lowest BCUT2D eigenvalue weighted by molar-refractivity contribution is -0.138. The second kappa shape index (κ2) is 5.45. The van der Waals surface area contributed by atoms with E-state index in [1.54, 1.807) is 13.1 Å². The van der Waals surface area contributed by atoms with Gasteiger partial charge in [0.2, 0.25) is 0 Å². The fourth-order valence-corrected chi connectivity index (χ4v) is 1.65. The van der Waals surface area contributed by atoms with Crippen LogP contribution in [0.25, 0.3) is 0 Å². The molecule has 0 fully saturated rings. The summed E-state index contributed by atoms with van der Waals surface area (Å²) in [5.41, 5.74) is 0. The molecule has 7 heteroatoms. The van der Waals surface area contributed by atoms with Crippen molar-refractivity contribution in [1.82, 2.24) is 15.6 Å². The van der Waals surface area contributed by atoms with Gasteiger partial charge in [0, 0.05) is 11.6 Å². The fourth-order valence-electron chi connectivity index (χ4n) is 1.01. The normalized spacial score (nSPS) is 13.9. The van der Waals surface area contributed by atoms with Crippen molar-refractivity contribution in [3.8, 4) is 0 Å². The summed E-state index contributed by atoms with van der Waals surface area (Å²) in [6, 6.07) is -1.66. The second-order valence-corrected chi connectivity index (χ2v) is 4.20. The van der Waals surface area contributed by atoms with E-state index in [4.69, 9.17) is 5.11 Å². The molecule has 0 aliphatic rings. The van der Waals surface area contributed by atoms with Crippen LogP contribution in [-0.2, 0) is 4.79 Å². The molecule has 0 saturated heterocycles. The minimum Gasteiger partial charge on any atom is -0.480 e. The molecule has 0 saturated carbocycles. The largest absolute Gasteiger partial charge is 0.480 e. The topological polar surface area (TPSA) is 91.3 Å². The summed E-state index contributed by atoms with van der Waals surface area (Å²) in [6.45, 7) is 3.18. The van der Waals surface area contributed by atoms with E-state index in [0.29, 0.717) is 0 Å². The Kier molecular flexibility index (Phi) is 4.24. The number of carbonyl (C=O) groups excluding carboxylic acids is 1. The van der Waals surface area contributed by atoms with Crippen molar-refractivity contribution in [2.45, 2.75) is 25.9 Å². The van der Waals surface area contributed by atoms with Gasteiger partial charge in [0.15, 0.2) is 0 Å². The van der Waals surface area contributed by atoms with Gasteiger partial charge in [0.1, 0.15) is 11.0 Å². The van der Waals surface area contributed by atoms with E-state index < -0.39 is 18.0 Å². The van der Waals surface area contributed by atoms with E-state index in [9.17, 15) is 9.59 Å². The van der Waals surface area contributed by atoms with Gasteiger partial charge in [-0.2, -0.15) is 0 Å². The van der Waals surface area contributed by atoms with Crippen LogP contribution in [0.2, 0.25) is 0 Å². The van der Waals surface area contributed by atoms with Gasteiger partial charge >= 0.3 is 12.0 Å². The summed E-state index contributed by atoms with van der Waals surface area (Å²) in [7, 11) is 0. The van der Waals surface area contributed by atoms with Crippen molar-refractivity contribution in [2.75, 3.05) is 0 Å². The highest BCUT2D eigenvalue weighted by molar-refractivity contribution is 7.09. The van der Waals surface area contributed by atoms with E-state index in [1.165, 1.54) is 18.3 Å². The second-order valence-electron chi connectivity index (χ2n) is 3.27. The molecular weight excluding hydrogens is 230 g/mol. The molecule has 1 aromatic rings. The average Bonchev–Trinajstić information content (AvgIpc) is 2.69. The summed E-state index contributed by atoms with van der Waals surface area (Å²) < 4.78 is 0. The van der Waals surface area contributed by atoms with Crippen LogP contribution in [0.15, 0.2) is 11.6 Å². The van der Waals surface area contributed by atoms with Crippen LogP contribution in [-0.4, -0.2) is 28.1 Å². The van der Waals surface area contributed by atoms with Crippen LogP contribution >= 0.6 is 11.3 Å². The number of thiazole rings is 1. The van der Waals surface area contributed by atoms with Crippen molar-refractivity contribution < 1.29 is 14.7 Å². The van der Waals surface area contributed by atoms with Gasteiger partial charge in [-0.3, -0.25) is 4.79 Å². The number of nitrogens with zero attached hydrogens (tertiary/aromatic N) is 1. The lowest BCUT2D eigenvalue weighted by atomic mass is 10.3. The van der Waals surface area contributed by atoms with Crippen molar-refractivity contribution in [2.24, 2.45) is 0 Å². The van der Waals surface area contributed by atoms with Gasteiger partial charge in [-0.15, -0.1) is 11.3 Å². The van der Waals surface area contributed by atoms with Crippen LogP contribution in [0.5, 0.6) is 0 Å². The van der Waals surface area contributed by atoms with Crippen molar-refractivity contribution >= 4 is 23.3 Å². The Bertz CT molecular complexity index is 366. The molecule has 1 unspecified atom stereocenters. The summed E-state index contributed by atoms with van der Waals surface area (Å²) in [6.07, 6.45) is 1.65. The highest BCUT2D eigenvalue weighted by Gasteiger charge is 2.16. The van der Waals surface area contributed by atoms with Gasteiger partial charge in [-0.1, -0.05) is 0 Å². The van der Waals surface area contributed by atoms with Crippen LogP contribution in [0.3, 0.4) is 0 Å². The average molecular weight is 243 g/mol. The third-order valence-electron chi connectivity index (χ3n) is 1.89. The molecule has 0 aromatic carbocycles. The number of amides is 2. The Morgan fingerprint density at radius 1 is 1.44 bits per heavy atom. The molecule has 0 bridgehead atoms. The highest BCUT2D eigenvalue weighted by Crippen LogP contribution is 2.14. The Morgan fingerprint density at radius 3 is 2.62 bits per heavy atom. The van der Waals surface area contributed by atoms with E-state index in [1.807, 2.05) is 5.38 Å². The molecule has 0 aliphatic heterocycles. The molecule has 16 heavy (non-hydrogen) atoms. The van der Waals surface area contributed by atoms with Gasteiger partial charge < -0.3 is 15.7 Å². The maximum atomic E-state index is 11.4. The molecule has 0 aliphatic carbocycles. The van der Waals surface area contributed by atoms with Gasteiger partial charge in [0.05, 0.1) is 6.04 Å². The first-order valence-electron chi connectivity index (χ1n) is 4.70. The Hall–Kier alpha value is -1.63. The number of carboxylic acids is 1. The highest BCUT2D eigenvalue weighted by atomic mass is 32.1. The first kappa shape index (κ1) is 12.4. The molecule has 0 radical (unpaired) electrons. The molecule has 3 N–H and O–H groups in total. The van der Waals surface area contributed by atoms with E-state index in [2.05, 4.69) is 15.6 Å². The smallest absolute Gasteiger partial charge is 0.325 e. The van der Waals surface area contributed by atoms with Gasteiger partial charge in [-0.05, 0) is 13.8 Å². The fraction of sp³-hybridized carbons (Fsp3) is 0.444. The van der Waals surface area contributed by atoms with Crippen molar-refractivity contribution in [1.29, 1.82) is 0 Å². The van der Waals surface area contributed by atoms with Crippen molar-refractivity contribution in [3.63, 3.8) is 0 Å². The summed E-state index contributed by atoms with van der Waals surface area (Å²) in [5.74, 6) is -1.07. The minimum absolute atomic E-state index is 0.235.